The highest BCUT2D eigenvalue weighted by molar-refractivity contribution is 5.92. The van der Waals surface area contributed by atoms with Gasteiger partial charge in [-0.1, -0.05) is 19.9 Å². The molecular weight excluding hydrogens is 330 g/mol. The lowest BCUT2D eigenvalue weighted by molar-refractivity contribution is -0.126. The van der Waals surface area contributed by atoms with Gasteiger partial charge in [0.25, 0.3) is 5.91 Å². The third-order valence-corrected chi connectivity index (χ3v) is 5.75. The maximum absolute atomic E-state index is 12.5. The molecule has 2 amide bonds. The summed E-state index contributed by atoms with van der Waals surface area (Å²) in [5, 5.41) is 3.01. The molecule has 0 aromatic carbocycles. The fourth-order valence-electron chi connectivity index (χ4n) is 3.75. The molecule has 1 spiro atoms. The molecule has 0 bridgehead atoms. The van der Waals surface area contributed by atoms with Crippen molar-refractivity contribution in [1.29, 1.82) is 0 Å². The first kappa shape index (κ1) is 18.8. The molecule has 26 heavy (non-hydrogen) atoms. The van der Waals surface area contributed by atoms with Crippen molar-refractivity contribution >= 4 is 11.8 Å². The van der Waals surface area contributed by atoms with Gasteiger partial charge in [-0.05, 0) is 44.2 Å². The van der Waals surface area contributed by atoms with Crippen molar-refractivity contribution in [2.45, 2.75) is 57.7 Å². The number of hydrogen-bond acceptors (Lipinski definition) is 4. The quantitative estimate of drug-likeness (QED) is 0.876. The first-order valence-corrected chi connectivity index (χ1v) is 9.69. The number of piperidine rings is 1. The highest BCUT2D eigenvalue weighted by Gasteiger charge is 2.43. The van der Waals surface area contributed by atoms with Crippen LogP contribution >= 0.6 is 0 Å². The normalized spacial score (nSPS) is 23.0. The van der Waals surface area contributed by atoms with Gasteiger partial charge in [0.15, 0.2) is 0 Å². The van der Waals surface area contributed by atoms with Crippen molar-refractivity contribution in [1.82, 2.24) is 15.2 Å². The van der Waals surface area contributed by atoms with Gasteiger partial charge in [-0.2, -0.15) is 0 Å². The van der Waals surface area contributed by atoms with Crippen LogP contribution in [0, 0.1) is 5.92 Å². The second-order valence-electron chi connectivity index (χ2n) is 7.52. The van der Waals surface area contributed by atoms with Crippen molar-refractivity contribution in [3.8, 4) is 0 Å². The van der Waals surface area contributed by atoms with Crippen LogP contribution < -0.4 is 5.32 Å². The summed E-state index contributed by atoms with van der Waals surface area (Å²) in [5.74, 6) is 0.148. The molecule has 3 rings (SSSR count). The molecule has 0 saturated carbocycles. The van der Waals surface area contributed by atoms with Crippen molar-refractivity contribution in [2.75, 3.05) is 19.6 Å². The minimum atomic E-state index is -0.132. The van der Waals surface area contributed by atoms with Crippen LogP contribution in [0.1, 0.15) is 56.4 Å². The monoisotopic (exact) mass is 359 g/mol. The highest BCUT2D eigenvalue weighted by Crippen LogP contribution is 2.38. The lowest BCUT2D eigenvalue weighted by atomic mass is 9.88. The Bertz CT molecular complexity index is 626. The Morgan fingerprint density at radius 1 is 1.35 bits per heavy atom. The fraction of sp³-hybridized carbons (Fsp3) is 0.650. The second-order valence-corrected chi connectivity index (χ2v) is 7.52. The van der Waals surface area contributed by atoms with E-state index in [2.05, 4.69) is 10.3 Å². The van der Waals surface area contributed by atoms with E-state index in [0.717, 1.165) is 32.1 Å². The number of likely N-dealkylation sites (tertiary alicyclic amines) is 1. The fourth-order valence-corrected chi connectivity index (χ4v) is 3.75. The molecular formula is C20H29N3O3. The number of nitrogens with zero attached hydrogens (tertiary/aromatic N) is 2. The molecule has 1 aromatic heterocycles. The van der Waals surface area contributed by atoms with Crippen molar-refractivity contribution in [3.05, 3.63) is 30.1 Å². The minimum absolute atomic E-state index is 0.00388. The van der Waals surface area contributed by atoms with Gasteiger partial charge in [-0.15, -0.1) is 0 Å². The summed E-state index contributed by atoms with van der Waals surface area (Å²) in [6.07, 6.45) is 6.25. The van der Waals surface area contributed by atoms with Gasteiger partial charge in [0, 0.05) is 31.7 Å². The smallest absolute Gasteiger partial charge is 0.272 e. The summed E-state index contributed by atoms with van der Waals surface area (Å²) >= 11 is 0. The first-order chi connectivity index (χ1) is 12.5. The first-order valence-electron chi connectivity index (χ1n) is 9.69. The molecule has 142 valence electrons. The van der Waals surface area contributed by atoms with E-state index in [9.17, 15) is 9.59 Å². The Hall–Kier alpha value is -1.95. The van der Waals surface area contributed by atoms with Gasteiger partial charge >= 0.3 is 0 Å². The Morgan fingerprint density at radius 3 is 2.77 bits per heavy atom. The van der Waals surface area contributed by atoms with Crippen LogP contribution in [0.3, 0.4) is 0 Å². The predicted octanol–water partition coefficient (Wildman–Crippen LogP) is 2.40. The van der Waals surface area contributed by atoms with Crippen molar-refractivity contribution in [3.63, 3.8) is 0 Å². The number of carbonyl (C=O) groups excluding carboxylic acids is 2. The van der Waals surface area contributed by atoms with E-state index < -0.39 is 0 Å². The largest absolute Gasteiger partial charge is 0.370 e. The molecule has 2 unspecified atom stereocenters. The number of hydrogen-bond donors (Lipinski definition) is 1. The molecule has 2 aliphatic rings. The van der Waals surface area contributed by atoms with Crippen molar-refractivity contribution < 1.29 is 14.3 Å². The van der Waals surface area contributed by atoms with Gasteiger partial charge in [-0.25, -0.2) is 0 Å². The number of amides is 2. The molecule has 0 aliphatic carbocycles. The third-order valence-electron chi connectivity index (χ3n) is 5.75. The summed E-state index contributed by atoms with van der Waals surface area (Å²) in [6, 6.07) is 5.41. The van der Waals surface area contributed by atoms with Gasteiger partial charge in [0.2, 0.25) is 5.91 Å². The van der Waals surface area contributed by atoms with Gasteiger partial charge in [0.05, 0.1) is 11.7 Å². The zero-order valence-corrected chi connectivity index (χ0v) is 15.7. The Balaban J connectivity index is 1.47. The number of ether oxygens (including phenoxy) is 1. The van der Waals surface area contributed by atoms with Crippen LogP contribution in [0.15, 0.2) is 24.4 Å². The highest BCUT2D eigenvalue weighted by atomic mass is 16.5. The Kier molecular flexibility index (Phi) is 5.91. The van der Waals surface area contributed by atoms with Crippen LogP contribution in [-0.4, -0.2) is 53.0 Å². The predicted molar refractivity (Wildman–Crippen MR) is 98.7 cm³/mol. The molecule has 3 heterocycles. The molecule has 2 aliphatic heterocycles. The molecule has 6 nitrogen and oxygen atoms in total. The Morgan fingerprint density at radius 2 is 2.12 bits per heavy atom. The molecule has 2 atom stereocenters. The maximum Gasteiger partial charge on any atom is 0.272 e. The third kappa shape index (κ3) is 4.23. The second kappa shape index (κ2) is 8.16. The van der Waals surface area contributed by atoms with Crippen LogP contribution in [0.25, 0.3) is 0 Å². The van der Waals surface area contributed by atoms with E-state index in [4.69, 9.17) is 4.74 Å². The maximum atomic E-state index is 12.5. The molecule has 6 heteroatoms. The van der Waals surface area contributed by atoms with E-state index >= 15 is 0 Å². The lowest BCUT2D eigenvalue weighted by Crippen LogP contribution is -2.47. The van der Waals surface area contributed by atoms with Crippen LogP contribution in [0.2, 0.25) is 0 Å². The minimum Gasteiger partial charge on any atom is -0.370 e. The van der Waals surface area contributed by atoms with Crippen LogP contribution in [0.5, 0.6) is 0 Å². The van der Waals surface area contributed by atoms with E-state index in [-0.39, 0.29) is 29.4 Å². The average Bonchev–Trinajstić information content (AvgIpc) is 3.08. The van der Waals surface area contributed by atoms with E-state index in [0.29, 0.717) is 25.3 Å². The van der Waals surface area contributed by atoms with E-state index in [1.54, 1.807) is 12.3 Å². The molecule has 1 N–H and O–H groups in total. The van der Waals surface area contributed by atoms with Crippen LogP contribution in [0.4, 0.5) is 0 Å². The lowest BCUT2D eigenvalue weighted by Gasteiger charge is -2.39. The van der Waals surface area contributed by atoms with Crippen molar-refractivity contribution in [2.24, 2.45) is 5.92 Å². The number of aromatic nitrogens is 1. The van der Waals surface area contributed by atoms with E-state index in [1.165, 1.54) is 0 Å². The number of nitrogens with one attached hydrogen (secondary N) is 1. The van der Waals surface area contributed by atoms with E-state index in [1.807, 2.05) is 30.9 Å². The zero-order valence-electron chi connectivity index (χ0n) is 15.7. The average molecular weight is 359 g/mol. The molecule has 1 aromatic rings. The summed E-state index contributed by atoms with van der Waals surface area (Å²) in [7, 11) is 0. The standard InChI is InChI=1S/C20H29N3O3/c1-3-15(2)18(24)22-14-16-7-8-20(26-16)9-12-23(13-10-20)19(25)17-6-4-5-11-21-17/h4-6,11,15-16H,3,7-10,12-14H2,1-2H3,(H,22,24). The summed E-state index contributed by atoms with van der Waals surface area (Å²) in [6.45, 7) is 5.94. The Labute approximate surface area is 155 Å². The number of carbonyl (C=O) groups is 2. The molecule has 2 saturated heterocycles. The topological polar surface area (TPSA) is 71.5 Å². The summed E-state index contributed by atoms with van der Waals surface area (Å²) in [5.41, 5.74) is 0.369. The molecule has 0 radical (unpaired) electrons. The van der Waals surface area contributed by atoms with Gasteiger partial charge < -0.3 is 15.0 Å². The summed E-state index contributed by atoms with van der Waals surface area (Å²) < 4.78 is 6.32. The SMILES string of the molecule is CCC(C)C(=O)NCC1CCC2(CCN(C(=O)c3ccccn3)CC2)O1. The van der Waals surface area contributed by atoms with Gasteiger partial charge in [0.1, 0.15) is 5.69 Å². The zero-order chi connectivity index (χ0) is 18.6. The number of rotatable bonds is 5. The molecule has 2 fully saturated rings. The van der Waals surface area contributed by atoms with Gasteiger partial charge in [-0.3, -0.25) is 14.6 Å². The summed E-state index contributed by atoms with van der Waals surface area (Å²) in [4.78, 5) is 30.5. The van der Waals surface area contributed by atoms with Crippen LogP contribution in [-0.2, 0) is 9.53 Å². The number of pyridine rings is 1.